The van der Waals surface area contributed by atoms with E-state index in [2.05, 4.69) is 23.5 Å². The quantitative estimate of drug-likeness (QED) is 0.814. The van der Waals surface area contributed by atoms with Crippen LogP contribution >= 0.6 is 11.8 Å². The fraction of sp³-hybridized carbons (Fsp3) is 0.667. The van der Waals surface area contributed by atoms with E-state index in [1.165, 1.54) is 0 Å². The number of aliphatic hydroxyl groups is 1. The normalized spacial score (nSPS) is 41.9. The monoisotopic (exact) mass is 332 g/mol. The Kier molecular flexibility index (Phi) is 4.10. The van der Waals surface area contributed by atoms with E-state index in [4.69, 9.17) is 4.99 Å². The zero-order chi connectivity index (χ0) is 15.9. The molecular weight excluding hydrogens is 308 g/mol. The molecular formula is C18H24N2O2S. The summed E-state index contributed by atoms with van der Waals surface area (Å²) in [6, 6.07) is 0.242. The zero-order valence-electron chi connectivity index (χ0n) is 13.3. The van der Waals surface area contributed by atoms with E-state index in [-0.39, 0.29) is 28.7 Å². The lowest BCUT2D eigenvalue weighted by Crippen LogP contribution is -2.48. The molecule has 3 atom stereocenters. The lowest BCUT2D eigenvalue weighted by Gasteiger charge is -2.38. The molecule has 1 saturated carbocycles. The van der Waals surface area contributed by atoms with Crippen molar-refractivity contribution in [3.05, 3.63) is 24.3 Å². The summed E-state index contributed by atoms with van der Waals surface area (Å²) in [6.07, 6.45) is 12.8. The highest BCUT2D eigenvalue weighted by atomic mass is 32.2. The number of nitrogens with one attached hydrogen (secondary N) is 1. The van der Waals surface area contributed by atoms with Crippen LogP contribution in [0.25, 0.3) is 0 Å². The predicted octanol–water partition coefficient (Wildman–Crippen LogP) is 2.09. The van der Waals surface area contributed by atoms with E-state index in [0.717, 1.165) is 50.1 Å². The number of hydrogen-bond donors (Lipinski definition) is 2. The average Bonchev–Trinajstić information content (AvgIpc) is 2.95. The molecule has 4 aliphatic rings. The molecule has 23 heavy (non-hydrogen) atoms. The van der Waals surface area contributed by atoms with Crippen LogP contribution in [-0.4, -0.2) is 45.9 Å². The summed E-state index contributed by atoms with van der Waals surface area (Å²) in [5.41, 5.74) is 1.15. The van der Waals surface area contributed by atoms with E-state index < -0.39 is 0 Å². The van der Waals surface area contributed by atoms with Crippen LogP contribution in [-0.2, 0) is 4.79 Å². The van der Waals surface area contributed by atoms with Crippen molar-refractivity contribution in [1.29, 1.82) is 0 Å². The van der Waals surface area contributed by atoms with Gasteiger partial charge in [-0.05, 0) is 44.1 Å². The predicted molar refractivity (Wildman–Crippen MR) is 93.8 cm³/mol. The molecule has 0 aromatic carbocycles. The molecule has 2 heterocycles. The average molecular weight is 332 g/mol. The van der Waals surface area contributed by atoms with E-state index in [0.29, 0.717) is 5.92 Å². The summed E-state index contributed by atoms with van der Waals surface area (Å²) in [4.78, 5) is 17.6. The van der Waals surface area contributed by atoms with Crippen molar-refractivity contribution in [1.82, 2.24) is 5.32 Å². The van der Waals surface area contributed by atoms with Crippen molar-refractivity contribution in [2.24, 2.45) is 16.8 Å². The molecule has 1 spiro atoms. The number of allylic oxidation sites excluding steroid dienone is 3. The first-order valence-electron chi connectivity index (χ1n) is 8.72. The van der Waals surface area contributed by atoms with E-state index in [1.54, 1.807) is 0 Å². The number of aliphatic imine (C=N–C) groups is 1. The Bertz CT molecular complexity index is 578. The van der Waals surface area contributed by atoms with Crippen LogP contribution < -0.4 is 5.32 Å². The first kappa shape index (κ1) is 15.5. The topological polar surface area (TPSA) is 61.7 Å². The molecule has 2 aliphatic carbocycles. The van der Waals surface area contributed by atoms with Crippen molar-refractivity contribution in [3.63, 3.8) is 0 Å². The van der Waals surface area contributed by atoms with Gasteiger partial charge in [-0.25, -0.2) is 0 Å². The molecule has 1 saturated heterocycles. The lowest BCUT2D eigenvalue weighted by atomic mass is 9.74. The van der Waals surface area contributed by atoms with E-state index >= 15 is 0 Å². The van der Waals surface area contributed by atoms with E-state index in [1.807, 2.05) is 17.8 Å². The van der Waals surface area contributed by atoms with Crippen LogP contribution in [0.1, 0.15) is 32.1 Å². The molecule has 3 unspecified atom stereocenters. The summed E-state index contributed by atoms with van der Waals surface area (Å²) in [6.45, 7) is 0.833. The Labute approximate surface area is 141 Å². The Hall–Kier alpha value is -1.07. The molecule has 1 amide bonds. The minimum absolute atomic E-state index is 0.0717. The van der Waals surface area contributed by atoms with E-state index in [9.17, 15) is 9.90 Å². The summed E-state index contributed by atoms with van der Waals surface area (Å²) in [5.74, 6) is 1.53. The highest BCUT2D eigenvalue weighted by Crippen LogP contribution is 2.52. The molecule has 0 aromatic heterocycles. The zero-order valence-corrected chi connectivity index (χ0v) is 14.1. The highest BCUT2D eigenvalue weighted by molar-refractivity contribution is 8.02. The summed E-state index contributed by atoms with van der Waals surface area (Å²) in [7, 11) is 0. The summed E-state index contributed by atoms with van der Waals surface area (Å²) < 4.78 is -0.0717. The van der Waals surface area contributed by atoms with Gasteiger partial charge in [-0.2, -0.15) is 0 Å². The van der Waals surface area contributed by atoms with Gasteiger partial charge in [-0.15, -0.1) is 11.8 Å². The maximum Gasteiger partial charge on any atom is 0.224 e. The molecule has 4 rings (SSSR count). The first-order valence-corrected chi connectivity index (χ1v) is 9.71. The highest BCUT2D eigenvalue weighted by Gasteiger charge is 2.54. The standard InChI is InChI=1S/C18H24N2O2S/c21-13-6-4-12(5-7-13)20-17(22)14-11-23-18-9-2-1-3-16(18)19-10-8-15(14)18/h1-3,9,12-15,21H,4-8,10-11H2,(H,20,22). The van der Waals surface area contributed by atoms with Crippen LogP contribution in [0.15, 0.2) is 29.3 Å². The third-order valence-corrected chi connectivity index (χ3v) is 7.40. The Morgan fingerprint density at radius 2 is 2.09 bits per heavy atom. The maximum atomic E-state index is 12.9. The van der Waals surface area contributed by atoms with Gasteiger partial charge >= 0.3 is 0 Å². The van der Waals surface area contributed by atoms with Gasteiger partial charge in [0.1, 0.15) is 0 Å². The van der Waals surface area contributed by atoms with Crippen LogP contribution in [0.4, 0.5) is 0 Å². The van der Waals surface area contributed by atoms with Crippen molar-refractivity contribution in [2.45, 2.75) is 49.0 Å². The van der Waals surface area contributed by atoms with Gasteiger partial charge in [0.25, 0.3) is 0 Å². The van der Waals surface area contributed by atoms with Crippen molar-refractivity contribution in [3.8, 4) is 0 Å². The third kappa shape index (κ3) is 2.68. The van der Waals surface area contributed by atoms with Crippen molar-refractivity contribution < 1.29 is 9.90 Å². The fourth-order valence-electron chi connectivity index (χ4n) is 4.45. The van der Waals surface area contributed by atoms with Gasteiger partial charge in [0.05, 0.1) is 22.5 Å². The molecule has 2 N–H and O–H groups in total. The van der Waals surface area contributed by atoms with Gasteiger partial charge in [0.2, 0.25) is 5.91 Å². The van der Waals surface area contributed by atoms with Gasteiger partial charge < -0.3 is 10.4 Å². The van der Waals surface area contributed by atoms with Crippen molar-refractivity contribution in [2.75, 3.05) is 12.3 Å². The van der Waals surface area contributed by atoms with Gasteiger partial charge in [0.15, 0.2) is 0 Å². The molecule has 4 nitrogen and oxygen atoms in total. The number of amides is 1. The van der Waals surface area contributed by atoms with Gasteiger partial charge in [-0.1, -0.05) is 18.2 Å². The van der Waals surface area contributed by atoms with Crippen molar-refractivity contribution >= 4 is 23.4 Å². The van der Waals surface area contributed by atoms with Crippen LogP contribution in [0, 0.1) is 11.8 Å². The third-order valence-electron chi connectivity index (χ3n) is 5.75. The lowest BCUT2D eigenvalue weighted by molar-refractivity contribution is -0.126. The second-order valence-corrected chi connectivity index (χ2v) is 8.40. The molecule has 0 radical (unpaired) electrons. The van der Waals surface area contributed by atoms with Crippen LogP contribution in [0.3, 0.4) is 0 Å². The number of aliphatic hydroxyl groups excluding tert-OH is 1. The molecule has 0 bridgehead atoms. The molecule has 0 aromatic rings. The number of thioether (sulfide) groups is 1. The molecule has 2 fully saturated rings. The largest absolute Gasteiger partial charge is 0.393 e. The Morgan fingerprint density at radius 3 is 2.91 bits per heavy atom. The van der Waals surface area contributed by atoms with Gasteiger partial charge in [0, 0.05) is 18.3 Å². The minimum atomic E-state index is -0.176. The summed E-state index contributed by atoms with van der Waals surface area (Å²) in [5, 5.41) is 12.9. The second kappa shape index (κ2) is 6.10. The number of nitrogens with zero attached hydrogens (tertiary/aromatic N) is 1. The molecule has 5 heteroatoms. The number of hydrogen-bond acceptors (Lipinski definition) is 4. The Morgan fingerprint density at radius 1 is 1.26 bits per heavy atom. The van der Waals surface area contributed by atoms with Gasteiger partial charge in [-0.3, -0.25) is 9.79 Å². The first-order chi connectivity index (χ1) is 11.2. The second-order valence-electron chi connectivity index (χ2n) is 7.11. The smallest absolute Gasteiger partial charge is 0.224 e. The molecule has 124 valence electrons. The number of carbonyl (C=O) groups excluding carboxylic acids is 1. The fourth-order valence-corrected chi connectivity index (χ4v) is 6.24. The Balaban J connectivity index is 1.46. The summed E-state index contributed by atoms with van der Waals surface area (Å²) >= 11 is 1.89. The number of carbonyl (C=O) groups is 1. The SMILES string of the molecule is O=C(NC1CCC(O)CC1)C1CSC23C=CC=CC2=NCCC13. The molecule has 2 aliphatic heterocycles. The minimum Gasteiger partial charge on any atom is -0.393 e. The number of rotatable bonds is 2. The van der Waals surface area contributed by atoms with Crippen LogP contribution in [0.5, 0.6) is 0 Å². The maximum absolute atomic E-state index is 12.9. The van der Waals surface area contributed by atoms with Crippen LogP contribution in [0.2, 0.25) is 0 Å².